The zero-order valence-electron chi connectivity index (χ0n) is 20.6. The van der Waals surface area contributed by atoms with Gasteiger partial charge in [0.15, 0.2) is 11.5 Å². The summed E-state index contributed by atoms with van der Waals surface area (Å²) in [7, 11) is 0. The molecule has 3 aromatic heterocycles. The first-order valence-electron chi connectivity index (χ1n) is 11.9. The average Bonchev–Trinajstić information content (AvgIpc) is 3.40. The molecule has 0 unspecified atom stereocenters. The molecule has 180 valence electrons. The van der Waals surface area contributed by atoms with Crippen LogP contribution in [0.3, 0.4) is 0 Å². The second kappa shape index (κ2) is 8.76. The summed E-state index contributed by atoms with van der Waals surface area (Å²) in [5.41, 5.74) is 5.69. The lowest BCUT2D eigenvalue weighted by molar-refractivity contribution is 0.439. The molecule has 0 bridgehead atoms. The van der Waals surface area contributed by atoms with Crippen molar-refractivity contribution in [1.82, 2.24) is 24.6 Å². The van der Waals surface area contributed by atoms with Crippen molar-refractivity contribution in [2.24, 2.45) is 4.99 Å². The molecule has 8 heteroatoms. The van der Waals surface area contributed by atoms with Crippen molar-refractivity contribution in [1.29, 1.82) is 0 Å². The number of aliphatic imine (C=N–C) groups is 1. The summed E-state index contributed by atoms with van der Waals surface area (Å²) < 4.78 is 15.6. The predicted molar refractivity (Wildman–Crippen MR) is 140 cm³/mol. The fourth-order valence-corrected chi connectivity index (χ4v) is 4.91. The quantitative estimate of drug-likeness (QED) is 0.267. The number of benzene rings is 1. The first-order chi connectivity index (χ1) is 16.8. The van der Waals surface area contributed by atoms with Gasteiger partial charge in [0.1, 0.15) is 0 Å². The SMILES string of the molecule is C=N/C=C(\C=C(/C)F)c1nc(N[C@@]2(C)CCc3[nH]c4ccccc4c3C2)n2ncc(C(C)C)c2n1. The lowest BCUT2D eigenvalue weighted by Gasteiger charge is -2.35. The van der Waals surface area contributed by atoms with Crippen LogP contribution in [0.1, 0.15) is 62.7 Å². The molecule has 7 nitrogen and oxygen atoms in total. The minimum Gasteiger partial charge on any atom is -0.358 e. The number of para-hydroxylation sites is 1. The molecule has 0 aliphatic heterocycles. The van der Waals surface area contributed by atoms with Crippen molar-refractivity contribution in [2.75, 3.05) is 5.32 Å². The molecule has 35 heavy (non-hydrogen) atoms. The van der Waals surface area contributed by atoms with E-state index in [-0.39, 0.29) is 17.3 Å². The molecule has 0 spiro atoms. The molecule has 0 fully saturated rings. The van der Waals surface area contributed by atoms with Gasteiger partial charge in [0.2, 0.25) is 5.95 Å². The van der Waals surface area contributed by atoms with E-state index in [4.69, 9.17) is 9.97 Å². The van der Waals surface area contributed by atoms with Gasteiger partial charge in [-0.25, -0.2) is 9.37 Å². The maximum atomic E-state index is 13.9. The minimum absolute atomic E-state index is 0.213. The van der Waals surface area contributed by atoms with Crippen LogP contribution in [0.15, 0.2) is 53.6 Å². The van der Waals surface area contributed by atoms with Crippen LogP contribution in [0.2, 0.25) is 0 Å². The topological polar surface area (TPSA) is 83.3 Å². The number of anilines is 1. The molecule has 0 saturated carbocycles. The molecule has 2 N–H and O–H groups in total. The van der Waals surface area contributed by atoms with E-state index in [9.17, 15) is 4.39 Å². The number of aromatic amines is 1. The summed E-state index contributed by atoms with van der Waals surface area (Å²) >= 11 is 0. The lowest BCUT2D eigenvalue weighted by atomic mass is 9.81. The zero-order chi connectivity index (χ0) is 24.7. The number of hydrogen-bond acceptors (Lipinski definition) is 5. The fourth-order valence-electron chi connectivity index (χ4n) is 4.91. The third kappa shape index (κ3) is 4.24. The maximum absolute atomic E-state index is 13.9. The highest BCUT2D eigenvalue weighted by molar-refractivity contribution is 5.85. The Morgan fingerprint density at radius 1 is 1.31 bits per heavy atom. The van der Waals surface area contributed by atoms with Crippen LogP contribution in [0.5, 0.6) is 0 Å². The van der Waals surface area contributed by atoms with Crippen LogP contribution >= 0.6 is 0 Å². The lowest BCUT2D eigenvalue weighted by Crippen LogP contribution is -2.41. The Hall–Kier alpha value is -3.81. The van der Waals surface area contributed by atoms with Crippen LogP contribution in [-0.4, -0.2) is 36.8 Å². The molecule has 1 aromatic carbocycles. The number of rotatable bonds is 6. The fraction of sp³-hybridized carbons (Fsp3) is 0.333. The Morgan fingerprint density at radius 3 is 2.86 bits per heavy atom. The first-order valence-corrected chi connectivity index (χ1v) is 11.9. The number of allylic oxidation sites excluding steroid dienone is 3. The molecule has 1 atom stereocenters. The number of nitrogens with zero attached hydrogens (tertiary/aromatic N) is 5. The van der Waals surface area contributed by atoms with Gasteiger partial charge in [0.05, 0.1) is 12.0 Å². The van der Waals surface area contributed by atoms with E-state index in [0.717, 1.165) is 24.8 Å². The van der Waals surface area contributed by atoms with E-state index in [1.807, 2.05) is 6.20 Å². The van der Waals surface area contributed by atoms with E-state index in [1.165, 1.54) is 41.4 Å². The van der Waals surface area contributed by atoms with Crippen molar-refractivity contribution in [3.8, 4) is 0 Å². The van der Waals surface area contributed by atoms with Crippen molar-refractivity contribution in [3.63, 3.8) is 0 Å². The molecule has 3 heterocycles. The highest BCUT2D eigenvalue weighted by Gasteiger charge is 2.33. The molecular formula is C27H30FN7. The summed E-state index contributed by atoms with van der Waals surface area (Å²) in [5.74, 6) is 0.800. The van der Waals surface area contributed by atoms with Crippen molar-refractivity contribution >= 4 is 34.8 Å². The van der Waals surface area contributed by atoms with E-state index in [0.29, 0.717) is 23.0 Å². The van der Waals surface area contributed by atoms with Gasteiger partial charge in [-0.15, -0.1) is 0 Å². The van der Waals surface area contributed by atoms with Crippen molar-refractivity contribution in [3.05, 3.63) is 71.2 Å². The summed E-state index contributed by atoms with van der Waals surface area (Å²) in [6, 6.07) is 8.43. The van der Waals surface area contributed by atoms with E-state index < -0.39 is 0 Å². The van der Waals surface area contributed by atoms with E-state index in [2.05, 4.69) is 72.1 Å². The minimum atomic E-state index is -0.360. The van der Waals surface area contributed by atoms with E-state index in [1.54, 1.807) is 4.52 Å². The normalized spacial score (nSPS) is 18.9. The van der Waals surface area contributed by atoms with Crippen LogP contribution in [0.25, 0.3) is 22.1 Å². The molecule has 0 amide bonds. The van der Waals surface area contributed by atoms with Crippen LogP contribution in [0, 0.1) is 0 Å². The third-order valence-corrected chi connectivity index (χ3v) is 6.67. The maximum Gasteiger partial charge on any atom is 0.228 e. The highest BCUT2D eigenvalue weighted by Crippen LogP contribution is 2.36. The Balaban J connectivity index is 1.61. The van der Waals surface area contributed by atoms with Gasteiger partial charge >= 0.3 is 0 Å². The number of aromatic nitrogens is 5. The Labute approximate surface area is 203 Å². The second-order valence-electron chi connectivity index (χ2n) is 9.85. The monoisotopic (exact) mass is 471 g/mol. The van der Waals surface area contributed by atoms with Gasteiger partial charge in [0, 0.05) is 39.5 Å². The average molecular weight is 472 g/mol. The van der Waals surface area contributed by atoms with Crippen molar-refractivity contribution < 1.29 is 4.39 Å². The number of aryl methyl sites for hydroxylation is 1. The van der Waals surface area contributed by atoms with Crippen LogP contribution < -0.4 is 5.32 Å². The highest BCUT2D eigenvalue weighted by atomic mass is 19.1. The number of halogens is 1. The van der Waals surface area contributed by atoms with Crippen LogP contribution in [0.4, 0.5) is 10.3 Å². The smallest absolute Gasteiger partial charge is 0.228 e. The first kappa shape index (κ1) is 23.0. The van der Waals surface area contributed by atoms with Gasteiger partial charge in [-0.05, 0) is 63.5 Å². The molecule has 1 aliphatic rings. The molecule has 4 aromatic rings. The number of hydrogen-bond donors (Lipinski definition) is 2. The van der Waals surface area contributed by atoms with Gasteiger partial charge in [-0.2, -0.15) is 14.6 Å². The molecule has 5 rings (SSSR count). The van der Waals surface area contributed by atoms with Crippen LogP contribution in [-0.2, 0) is 12.8 Å². The summed E-state index contributed by atoms with van der Waals surface area (Å²) in [4.78, 5) is 17.0. The Bertz CT molecular complexity index is 1490. The molecule has 1 aliphatic carbocycles. The van der Waals surface area contributed by atoms with Gasteiger partial charge in [-0.1, -0.05) is 32.0 Å². The van der Waals surface area contributed by atoms with Gasteiger partial charge < -0.3 is 10.3 Å². The zero-order valence-corrected chi connectivity index (χ0v) is 20.6. The Morgan fingerprint density at radius 2 is 2.11 bits per heavy atom. The summed E-state index contributed by atoms with van der Waals surface area (Å²) in [6.45, 7) is 11.3. The number of fused-ring (bicyclic) bond motifs is 4. The van der Waals surface area contributed by atoms with Gasteiger partial charge in [0.25, 0.3) is 0 Å². The van der Waals surface area contributed by atoms with E-state index >= 15 is 0 Å². The summed E-state index contributed by atoms with van der Waals surface area (Å²) in [5, 5.41) is 9.55. The second-order valence-corrected chi connectivity index (χ2v) is 9.85. The number of nitrogens with one attached hydrogen (secondary N) is 2. The summed E-state index contributed by atoms with van der Waals surface area (Å²) in [6.07, 6.45) is 7.37. The van der Waals surface area contributed by atoms with Gasteiger partial charge in [-0.3, -0.25) is 4.99 Å². The molecular weight excluding hydrogens is 441 g/mol. The molecule has 0 radical (unpaired) electrons. The third-order valence-electron chi connectivity index (χ3n) is 6.67. The predicted octanol–water partition coefficient (Wildman–Crippen LogP) is 6.00. The largest absolute Gasteiger partial charge is 0.358 e. The Kier molecular flexibility index (Phi) is 5.75. The van der Waals surface area contributed by atoms with Crippen molar-refractivity contribution in [2.45, 2.75) is 58.4 Å². The molecule has 0 saturated heterocycles. The standard InChI is InChI=1S/C27H30FN7/c1-16(2)21-15-30-35-25(21)32-24(18(14-29-5)12-17(3)28)33-26(35)34-27(4)11-10-23-20(13-27)19-8-6-7-9-22(19)31-23/h6-9,12,14-16,31H,5,10-11,13H2,1-4H3,(H,32,33,34)/b17-12+,18-14+/t27-/m0/s1. The number of H-pyrrole nitrogens is 1.